The third kappa shape index (κ3) is 49.7. The van der Waals surface area contributed by atoms with Crippen LogP contribution in [0.2, 0.25) is 36.3 Å². The van der Waals surface area contributed by atoms with E-state index in [-0.39, 0.29) is 176 Å². The summed E-state index contributed by atoms with van der Waals surface area (Å²) in [6, 6.07) is 12.9. The van der Waals surface area contributed by atoms with Gasteiger partial charge in [-0.1, -0.05) is 215 Å². The van der Waals surface area contributed by atoms with E-state index in [0.717, 1.165) is 29.1 Å². The van der Waals surface area contributed by atoms with Crippen molar-refractivity contribution in [2.45, 2.75) is 341 Å². The molecule has 2 unspecified atom stereocenters. The molecular weight excluding hydrogens is 1890 g/mol. The van der Waals surface area contributed by atoms with Crippen molar-refractivity contribution in [1.82, 2.24) is 40.9 Å². The van der Waals surface area contributed by atoms with E-state index >= 15 is 0 Å². The molecule has 8 amide bonds. The molecular formula is C100H170N8O19S2Si2V3. The summed E-state index contributed by atoms with van der Waals surface area (Å²) in [5.41, 5.74) is 4.34. The van der Waals surface area contributed by atoms with Crippen LogP contribution in [0.3, 0.4) is 0 Å². The Morgan fingerprint density at radius 3 is 1.14 bits per heavy atom. The average Bonchev–Trinajstić information content (AvgIpc) is 0.815. The van der Waals surface area contributed by atoms with Crippen LogP contribution >= 0.6 is 23.5 Å². The Morgan fingerprint density at radius 1 is 0.507 bits per heavy atom. The topological polar surface area (TPSA) is 349 Å². The number of ketones is 2. The van der Waals surface area contributed by atoms with Crippen molar-refractivity contribution in [2.24, 2.45) is 35.5 Å². The van der Waals surface area contributed by atoms with Crippen LogP contribution in [0.4, 0.5) is 0 Å². The van der Waals surface area contributed by atoms with Crippen molar-refractivity contribution in [3.8, 4) is 0 Å². The molecule has 5 N–H and O–H groups in total. The second-order valence-electron chi connectivity index (χ2n) is 38.5. The molecule has 2 rings (SSSR count). The number of aliphatic hydroxyl groups excluding tert-OH is 1. The van der Waals surface area contributed by atoms with Crippen molar-refractivity contribution in [3.05, 3.63) is 119 Å². The first kappa shape index (κ1) is 136. The molecule has 134 heavy (non-hydrogen) atoms. The summed E-state index contributed by atoms with van der Waals surface area (Å²) in [4.78, 5) is 166. The zero-order valence-corrected chi connectivity index (χ0v) is 95.6. The van der Waals surface area contributed by atoms with Gasteiger partial charge in [0.1, 0.15) is 30.3 Å². The van der Waals surface area contributed by atoms with E-state index < -0.39 is 118 Å². The number of rotatable bonds is 52. The third-order valence-electron chi connectivity index (χ3n) is 24.7. The minimum atomic E-state index is -2.16. The van der Waals surface area contributed by atoms with Crippen LogP contribution in [0.25, 0.3) is 0 Å². The summed E-state index contributed by atoms with van der Waals surface area (Å²) >= 11 is 3.30. The van der Waals surface area contributed by atoms with Gasteiger partial charge in [-0.25, -0.2) is 4.79 Å². The molecule has 34 heteroatoms. The maximum atomic E-state index is 14.1. The molecule has 0 bridgehead atoms. The van der Waals surface area contributed by atoms with Gasteiger partial charge in [0.05, 0.1) is 61.5 Å². The number of aliphatic hydroxyl groups is 1. The van der Waals surface area contributed by atoms with Gasteiger partial charge >= 0.3 is 12.1 Å². The van der Waals surface area contributed by atoms with Gasteiger partial charge in [0.15, 0.2) is 34.3 Å². The van der Waals surface area contributed by atoms with Crippen LogP contribution < -0.4 is 21.3 Å². The minimum absolute atomic E-state index is 0. The van der Waals surface area contributed by atoms with Gasteiger partial charge in [-0.05, 0) is 190 Å². The summed E-state index contributed by atoms with van der Waals surface area (Å²) in [5, 5.41) is 21.1. The maximum Gasteiger partial charge on any atom is 0.373 e. The van der Waals surface area contributed by atoms with Gasteiger partial charge in [-0.2, -0.15) is 9.59 Å². The predicted molar refractivity (Wildman–Crippen MR) is 533 cm³/mol. The number of benzene rings is 2. The molecule has 3 radical (unpaired) electrons. The van der Waals surface area contributed by atoms with Gasteiger partial charge in [-0.3, -0.25) is 47.9 Å². The Bertz CT molecular complexity index is 4020. The van der Waals surface area contributed by atoms with Gasteiger partial charge in [0.25, 0.3) is 5.91 Å². The van der Waals surface area contributed by atoms with E-state index in [9.17, 15) is 57.8 Å². The number of esters is 1. The SMILES string of the molecule is C/C=C(\C)[C@@H](O[Si](C)(C)C(C)(C)C)[C@H](C)[C@H](C/C=C(\C)C(=O)O[C@H](CC(C)C)C(=O)N[C@@H](C)C(=O)N(C)[C@H](Cc1ccccc1)C(=O)N(C)CC(=O)N[C@H](C(C)=O)C(C)CC)OCSC.C/C=C\C[C@H](OCSC)[C@@H](C)[C@H](O[Si](C)(C)C(C)(C)C)/C(C)=C/C.CCC(C)[C@H](NC(=O)CN(C)C(=O)[C@@H](Cc1ccccc1)N(C)C(=O)[C@H](C)NC(=O)[C@H](O)CC(C)C)C(C)=O.O=C=O.[V].[V].[V]. The van der Waals surface area contributed by atoms with E-state index in [1.807, 2.05) is 129 Å². The molecule has 0 aliphatic carbocycles. The first-order chi connectivity index (χ1) is 60.7. The normalized spacial score (nSPS) is 15.5. The van der Waals surface area contributed by atoms with Crippen molar-refractivity contribution >= 4 is 111 Å². The number of nitrogens with zero attached hydrogens (tertiary/aromatic N) is 4. The molecule has 2 aromatic carbocycles. The minimum Gasteiger partial charge on any atom is -0.449 e. The molecule has 0 aromatic heterocycles. The van der Waals surface area contributed by atoms with E-state index in [0.29, 0.717) is 36.7 Å². The Balaban J connectivity index is -0.000000678. The fourth-order valence-corrected chi connectivity index (χ4v) is 17.0. The van der Waals surface area contributed by atoms with E-state index in [1.54, 1.807) is 36.5 Å². The monoisotopic (exact) mass is 2060 g/mol. The van der Waals surface area contributed by atoms with Crippen LogP contribution in [-0.4, -0.2) is 251 Å². The second-order valence-corrected chi connectivity index (χ2v) is 49.7. The maximum absolute atomic E-state index is 14.1. The summed E-state index contributed by atoms with van der Waals surface area (Å²) in [6.45, 7) is 59.6. The molecule has 16 atom stereocenters. The molecule has 2 aromatic rings. The number of hydrogen-bond donors (Lipinski definition) is 5. The van der Waals surface area contributed by atoms with Crippen LogP contribution in [0.15, 0.2) is 108 Å². The summed E-state index contributed by atoms with van der Waals surface area (Å²) in [6.07, 6.45) is 15.6. The van der Waals surface area contributed by atoms with Crippen molar-refractivity contribution in [2.75, 3.05) is 65.7 Å². The number of nitrogens with one attached hydrogen (secondary N) is 4. The molecule has 27 nitrogen and oxygen atoms in total. The number of thioether (sulfide) groups is 2. The summed E-state index contributed by atoms with van der Waals surface area (Å²) in [5.74, 6) is -3.92. The van der Waals surface area contributed by atoms with Crippen molar-refractivity contribution < 1.29 is 146 Å². The number of allylic oxidation sites excluding steroid dienone is 3. The molecule has 0 heterocycles. The van der Waals surface area contributed by atoms with Crippen LogP contribution in [0, 0.1) is 35.5 Å². The first-order valence-corrected chi connectivity index (χ1v) is 54.7. The molecule has 0 aliphatic rings. The molecule has 0 saturated carbocycles. The molecule has 0 saturated heterocycles. The van der Waals surface area contributed by atoms with Gasteiger partial charge < -0.3 is 69.0 Å². The number of carbonyl (C=O) groups is 11. The second kappa shape index (κ2) is 69.0. The number of Topliss-reactive ketones (excluding diaryl/α,β-unsaturated/α-hetero) is 2. The quantitative estimate of drug-likeness (QED) is 0.0135. The Labute approximate surface area is 852 Å². The fraction of sp³-hybridized carbons (Fsp3) is 0.680. The molecule has 0 fully saturated rings. The smallest absolute Gasteiger partial charge is 0.373 e. The largest absolute Gasteiger partial charge is 0.449 e. The van der Waals surface area contributed by atoms with E-state index in [2.05, 4.69) is 161 Å². The number of ether oxygens (including phenoxy) is 3. The third-order valence-corrected chi connectivity index (χ3v) is 34.3. The Hall–Kier alpha value is -5.96. The molecule has 759 valence electrons. The van der Waals surface area contributed by atoms with Gasteiger partial charge in [0, 0.05) is 114 Å². The first-order valence-electron chi connectivity index (χ1n) is 46.1. The van der Waals surface area contributed by atoms with Crippen LogP contribution in [0.1, 0.15) is 230 Å². The summed E-state index contributed by atoms with van der Waals surface area (Å²) in [7, 11) is 1.91. The Kier molecular flexibility index (Phi) is 70.3. The van der Waals surface area contributed by atoms with Crippen molar-refractivity contribution in [1.29, 1.82) is 0 Å². The average molecular weight is 2060 g/mol. The number of amides is 8. The molecule has 0 aliphatic heterocycles. The summed E-state index contributed by atoms with van der Waals surface area (Å²) < 4.78 is 32.2. The zero-order valence-electron chi connectivity index (χ0n) is 87.8. The number of likely N-dealkylation sites (N-methyl/N-ethyl adjacent to an activating group) is 4. The number of hydrogen-bond acceptors (Lipinski definition) is 21. The van der Waals surface area contributed by atoms with Crippen LogP contribution in [0.5, 0.6) is 0 Å². The van der Waals surface area contributed by atoms with E-state index in [4.69, 9.17) is 32.7 Å². The van der Waals surface area contributed by atoms with E-state index in [1.165, 1.54) is 81.1 Å². The Morgan fingerprint density at radius 2 is 0.843 bits per heavy atom. The van der Waals surface area contributed by atoms with Gasteiger partial charge in [0.2, 0.25) is 41.4 Å². The van der Waals surface area contributed by atoms with Crippen LogP contribution in [-0.2, 0) is 154 Å². The van der Waals surface area contributed by atoms with Crippen molar-refractivity contribution in [3.63, 3.8) is 0 Å². The predicted octanol–water partition coefficient (Wildman–Crippen LogP) is 15.7. The zero-order chi connectivity index (χ0) is 102. The standard InChI is InChI=1S/C50H84N4O9SSi.C29H46N4O6.C20H40O2SSi.CO2.3V/c1-19-33(5)44(38(10)55)52-43(56)30-53(14)48(59)40(29-39-24-22-21-23-25-39)54(15)47(58)37(9)51-46(57)42(28-32(3)4)62-49(60)35(7)26-27-41(61-31-64-16)36(8)45(34(6)20-2)63-65(17,18)50(11,12)13;1-9-19(4)26(21(6)34)31-25(36)17-32(7)29(39)23(16-22-13-11-10-12-14-22)33(8)28(38)20(5)30-27(37)24(35)15-18(2)3;1-11-13-14-18(21-15-23-8)17(4)19(16(3)12-2)22-24(9,10)20(5,6)7;2-1-3;;;/h20-26,32-33,36-37,40-42,44-45H,19,27-31H2,1-18H3,(H,51,57)(H,52,56);10-14,18-20,23-24,26,35H,9,15-17H2,1-8H3,(H,30,37)(H,31,36);11-13,17-19H,14-15H2,1-10H3;;;;/b34-20+,35-26+;;13-11-,16-12+;;;;/t33?,36-,37+,40-,41+,42-,44+,45-;19?,20-,23+,24+,26-;17-,18+,19-;;;;/m101..../s1. The fourth-order valence-electron chi connectivity index (χ4n) is 13.6. The molecule has 0 spiro atoms. The number of carbonyl (C=O) groups excluding carboxylic acids is 13. The van der Waals surface area contributed by atoms with Gasteiger partial charge in [-0.15, -0.1) is 23.5 Å².